The van der Waals surface area contributed by atoms with Crippen LogP contribution in [0, 0.1) is 0 Å². The molecule has 92 valence electrons. The molecule has 0 aromatic carbocycles. The number of urea groups is 1. The highest BCUT2D eigenvalue weighted by Gasteiger charge is 2.11. The Morgan fingerprint density at radius 2 is 2.00 bits per heavy atom. The fourth-order valence-corrected chi connectivity index (χ4v) is 0.860. The Kier molecular flexibility index (Phi) is 6.66. The van der Waals surface area contributed by atoms with Crippen LogP contribution < -0.4 is 5.32 Å². The van der Waals surface area contributed by atoms with Gasteiger partial charge in [0.25, 0.3) is 0 Å². The van der Waals surface area contributed by atoms with Gasteiger partial charge in [0.15, 0.2) is 0 Å². The average Bonchev–Trinajstić information content (AvgIpc) is 2.22. The fraction of sp³-hybridized carbons (Fsp3) is 0.667. The summed E-state index contributed by atoms with van der Waals surface area (Å²) in [5, 5.41) is 10.7. The van der Waals surface area contributed by atoms with Gasteiger partial charge in [0.1, 0.15) is 6.54 Å². The van der Waals surface area contributed by atoms with Crippen molar-refractivity contribution in [2.24, 2.45) is 0 Å². The third-order valence-corrected chi connectivity index (χ3v) is 1.70. The summed E-state index contributed by atoms with van der Waals surface area (Å²) in [5.41, 5.74) is 0. The quantitative estimate of drug-likeness (QED) is 0.611. The molecule has 0 radical (unpaired) electrons. The molecule has 0 aromatic heterocycles. The minimum Gasteiger partial charge on any atom is -0.481 e. The van der Waals surface area contributed by atoms with Crippen molar-refractivity contribution in [3.63, 3.8) is 0 Å². The van der Waals surface area contributed by atoms with Gasteiger partial charge >= 0.3 is 18.0 Å². The van der Waals surface area contributed by atoms with Gasteiger partial charge in [-0.3, -0.25) is 9.59 Å². The van der Waals surface area contributed by atoms with E-state index >= 15 is 0 Å². The largest absolute Gasteiger partial charge is 0.481 e. The normalized spacial score (nSPS) is 9.38. The number of carboxylic acid groups (broad SMARTS) is 1. The van der Waals surface area contributed by atoms with Gasteiger partial charge in [0.05, 0.1) is 13.0 Å². The Hall–Kier alpha value is -1.79. The van der Waals surface area contributed by atoms with Crippen LogP contribution in [0.3, 0.4) is 0 Å². The minimum atomic E-state index is -0.981. The zero-order valence-corrected chi connectivity index (χ0v) is 9.36. The molecule has 0 unspecified atom stereocenters. The molecule has 0 heterocycles. The SMILES string of the molecule is CCOC(=O)CNC(=O)N(C)CCC(=O)O. The number of rotatable bonds is 6. The van der Waals surface area contributed by atoms with Crippen molar-refractivity contribution in [2.45, 2.75) is 13.3 Å². The lowest BCUT2D eigenvalue weighted by Gasteiger charge is -2.16. The third-order valence-electron chi connectivity index (χ3n) is 1.70. The molecule has 0 saturated carbocycles. The number of carbonyl (C=O) groups excluding carboxylic acids is 2. The van der Waals surface area contributed by atoms with Crippen LogP contribution in [-0.4, -0.2) is 54.7 Å². The van der Waals surface area contributed by atoms with Crippen molar-refractivity contribution in [3.8, 4) is 0 Å². The molecule has 0 bridgehead atoms. The van der Waals surface area contributed by atoms with Gasteiger partial charge in [0, 0.05) is 13.6 Å². The molecule has 0 atom stereocenters. The molecule has 7 nitrogen and oxygen atoms in total. The maximum Gasteiger partial charge on any atom is 0.325 e. The molecule has 2 amide bonds. The van der Waals surface area contributed by atoms with Crippen molar-refractivity contribution >= 4 is 18.0 Å². The first-order valence-electron chi connectivity index (χ1n) is 4.83. The van der Waals surface area contributed by atoms with Crippen molar-refractivity contribution < 1.29 is 24.2 Å². The highest BCUT2D eigenvalue weighted by molar-refractivity contribution is 5.81. The zero-order chi connectivity index (χ0) is 12.6. The number of aliphatic carboxylic acids is 1. The molecular formula is C9H16N2O5. The van der Waals surface area contributed by atoms with Crippen LogP contribution in [0.1, 0.15) is 13.3 Å². The summed E-state index contributed by atoms with van der Waals surface area (Å²) in [7, 11) is 1.45. The highest BCUT2D eigenvalue weighted by atomic mass is 16.5. The molecule has 0 aliphatic rings. The first-order valence-corrected chi connectivity index (χ1v) is 4.83. The van der Waals surface area contributed by atoms with E-state index in [1.54, 1.807) is 6.92 Å². The molecule has 2 N–H and O–H groups in total. The van der Waals surface area contributed by atoms with Gasteiger partial charge in [-0.25, -0.2) is 4.79 Å². The molecule has 16 heavy (non-hydrogen) atoms. The van der Waals surface area contributed by atoms with E-state index in [-0.39, 0.29) is 26.1 Å². The van der Waals surface area contributed by atoms with Crippen LogP contribution in [0.2, 0.25) is 0 Å². The van der Waals surface area contributed by atoms with Crippen LogP contribution in [0.25, 0.3) is 0 Å². The molecular weight excluding hydrogens is 216 g/mol. The number of hydrogen-bond acceptors (Lipinski definition) is 4. The first kappa shape index (κ1) is 14.2. The van der Waals surface area contributed by atoms with Gasteiger partial charge < -0.3 is 20.1 Å². The lowest BCUT2D eigenvalue weighted by molar-refractivity contribution is -0.142. The molecule has 7 heteroatoms. The minimum absolute atomic E-state index is 0.0873. The summed E-state index contributed by atoms with van der Waals surface area (Å²) in [5.74, 6) is -1.51. The van der Waals surface area contributed by atoms with Crippen molar-refractivity contribution in [3.05, 3.63) is 0 Å². The number of carboxylic acids is 1. The topological polar surface area (TPSA) is 95.9 Å². The zero-order valence-electron chi connectivity index (χ0n) is 9.36. The Morgan fingerprint density at radius 3 is 2.50 bits per heavy atom. The van der Waals surface area contributed by atoms with Crippen LogP contribution >= 0.6 is 0 Å². The highest BCUT2D eigenvalue weighted by Crippen LogP contribution is 1.88. The second kappa shape index (κ2) is 7.49. The molecule has 0 spiro atoms. The molecule has 0 saturated heterocycles. The number of esters is 1. The van der Waals surface area contributed by atoms with E-state index in [4.69, 9.17) is 5.11 Å². The second-order valence-corrected chi connectivity index (χ2v) is 3.03. The average molecular weight is 232 g/mol. The van der Waals surface area contributed by atoms with E-state index in [9.17, 15) is 14.4 Å². The maximum atomic E-state index is 11.3. The van der Waals surface area contributed by atoms with E-state index < -0.39 is 18.0 Å². The van der Waals surface area contributed by atoms with Gasteiger partial charge in [-0.15, -0.1) is 0 Å². The number of amides is 2. The molecule has 0 aromatic rings. The predicted octanol–water partition coefficient (Wildman–Crippen LogP) is -0.334. The monoisotopic (exact) mass is 232 g/mol. The van der Waals surface area contributed by atoms with E-state index in [0.29, 0.717) is 0 Å². The Bertz CT molecular complexity index is 267. The number of nitrogens with one attached hydrogen (secondary N) is 1. The van der Waals surface area contributed by atoms with Crippen LogP contribution in [-0.2, 0) is 14.3 Å². The molecule has 0 fully saturated rings. The Morgan fingerprint density at radius 1 is 1.38 bits per heavy atom. The summed E-state index contributed by atoms with van der Waals surface area (Å²) in [6, 6.07) is -0.505. The lowest BCUT2D eigenvalue weighted by atomic mass is 10.4. The van der Waals surface area contributed by atoms with Crippen LogP contribution in [0.4, 0.5) is 4.79 Å². The molecule has 0 aliphatic carbocycles. The number of nitrogens with zero attached hydrogens (tertiary/aromatic N) is 1. The number of carbonyl (C=O) groups is 3. The summed E-state index contributed by atoms with van der Waals surface area (Å²) in [6.45, 7) is 1.79. The summed E-state index contributed by atoms with van der Waals surface area (Å²) in [4.78, 5) is 33.6. The third kappa shape index (κ3) is 6.63. The second-order valence-electron chi connectivity index (χ2n) is 3.03. The van der Waals surface area contributed by atoms with Gasteiger partial charge in [-0.05, 0) is 6.92 Å². The first-order chi connectivity index (χ1) is 7.47. The summed E-state index contributed by atoms with van der Waals surface area (Å²) < 4.78 is 4.60. The lowest BCUT2D eigenvalue weighted by Crippen LogP contribution is -2.41. The number of ether oxygens (including phenoxy) is 1. The van der Waals surface area contributed by atoms with Crippen molar-refractivity contribution in [2.75, 3.05) is 26.7 Å². The van der Waals surface area contributed by atoms with Crippen molar-refractivity contribution in [1.82, 2.24) is 10.2 Å². The summed E-state index contributed by atoms with van der Waals surface area (Å²) in [6.07, 6.45) is -0.136. The van der Waals surface area contributed by atoms with Gasteiger partial charge in [0.2, 0.25) is 0 Å². The van der Waals surface area contributed by atoms with Gasteiger partial charge in [-0.1, -0.05) is 0 Å². The summed E-state index contributed by atoms with van der Waals surface area (Å²) >= 11 is 0. The Labute approximate surface area is 93.4 Å². The molecule has 0 aliphatic heterocycles. The predicted molar refractivity (Wildman–Crippen MR) is 54.9 cm³/mol. The Balaban J connectivity index is 3.78. The maximum absolute atomic E-state index is 11.3. The standard InChI is InChI=1S/C9H16N2O5/c1-3-16-8(14)6-10-9(15)11(2)5-4-7(12)13/h3-6H2,1-2H3,(H,10,15)(H,12,13). The van der Waals surface area contributed by atoms with E-state index in [1.807, 2.05) is 0 Å². The smallest absolute Gasteiger partial charge is 0.325 e. The van der Waals surface area contributed by atoms with Crippen LogP contribution in [0.15, 0.2) is 0 Å². The molecule has 0 rings (SSSR count). The fourth-order valence-electron chi connectivity index (χ4n) is 0.860. The van der Waals surface area contributed by atoms with Crippen molar-refractivity contribution in [1.29, 1.82) is 0 Å². The van der Waals surface area contributed by atoms with E-state index in [1.165, 1.54) is 11.9 Å². The van der Waals surface area contributed by atoms with Gasteiger partial charge in [-0.2, -0.15) is 0 Å². The van der Waals surface area contributed by atoms with E-state index in [0.717, 1.165) is 0 Å². The van der Waals surface area contributed by atoms with Crippen LogP contribution in [0.5, 0.6) is 0 Å². The van der Waals surface area contributed by atoms with E-state index in [2.05, 4.69) is 10.1 Å². The number of hydrogen-bond donors (Lipinski definition) is 2.